The van der Waals surface area contributed by atoms with Gasteiger partial charge in [-0.2, -0.15) is 5.10 Å². The maximum atomic E-state index is 5.10. The van der Waals surface area contributed by atoms with Gasteiger partial charge < -0.3 is 10.1 Å². The van der Waals surface area contributed by atoms with Gasteiger partial charge in [-0.25, -0.2) is 0 Å². The van der Waals surface area contributed by atoms with Crippen molar-refractivity contribution in [2.24, 2.45) is 0 Å². The van der Waals surface area contributed by atoms with Crippen molar-refractivity contribution in [3.05, 3.63) is 18.0 Å². The summed E-state index contributed by atoms with van der Waals surface area (Å²) in [6.07, 6.45) is 5.09. The SMILES string of the molecule is CCC(NC)c1cnn(C(C)COC)c1. The highest BCUT2D eigenvalue weighted by atomic mass is 16.5. The summed E-state index contributed by atoms with van der Waals surface area (Å²) in [5, 5.41) is 7.62. The highest BCUT2D eigenvalue weighted by Crippen LogP contribution is 2.16. The van der Waals surface area contributed by atoms with E-state index in [0.717, 1.165) is 6.42 Å². The summed E-state index contributed by atoms with van der Waals surface area (Å²) in [5.74, 6) is 0. The van der Waals surface area contributed by atoms with Gasteiger partial charge in [0.05, 0.1) is 18.8 Å². The molecular weight excluding hydrogens is 190 g/mol. The molecule has 0 aromatic carbocycles. The molecule has 0 saturated carbocycles. The lowest BCUT2D eigenvalue weighted by atomic mass is 10.1. The van der Waals surface area contributed by atoms with Crippen molar-refractivity contribution in [2.45, 2.75) is 32.4 Å². The lowest BCUT2D eigenvalue weighted by molar-refractivity contribution is 0.157. The quantitative estimate of drug-likeness (QED) is 0.779. The van der Waals surface area contributed by atoms with Gasteiger partial charge in [-0.05, 0) is 20.4 Å². The van der Waals surface area contributed by atoms with Gasteiger partial charge in [0.25, 0.3) is 0 Å². The van der Waals surface area contributed by atoms with E-state index >= 15 is 0 Å². The molecule has 15 heavy (non-hydrogen) atoms. The van der Waals surface area contributed by atoms with E-state index in [1.807, 2.05) is 17.9 Å². The van der Waals surface area contributed by atoms with Crippen LogP contribution in [-0.2, 0) is 4.74 Å². The molecule has 1 aromatic heterocycles. The fourth-order valence-corrected chi connectivity index (χ4v) is 1.70. The molecule has 0 radical (unpaired) electrons. The molecule has 4 nitrogen and oxygen atoms in total. The molecule has 0 amide bonds. The van der Waals surface area contributed by atoms with Crippen molar-refractivity contribution in [1.82, 2.24) is 15.1 Å². The molecule has 0 aliphatic heterocycles. The molecule has 1 heterocycles. The third-order valence-corrected chi connectivity index (χ3v) is 2.64. The minimum atomic E-state index is 0.290. The van der Waals surface area contributed by atoms with E-state index in [-0.39, 0.29) is 6.04 Å². The first kappa shape index (κ1) is 12.2. The van der Waals surface area contributed by atoms with Gasteiger partial charge in [0.15, 0.2) is 0 Å². The number of nitrogens with zero attached hydrogens (tertiary/aromatic N) is 2. The molecule has 0 aliphatic rings. The molecule has 1 rings (SSSR count). The van der Waals surface area contributed by atoms with Gasteiger partial charge in [0.2, 0.25) is 0 Å². The van der Waals surface area contributed by atoms with Crippen LogP contribution in [0, 0.1) is 0 Å². The Morgan fingerprint density at radius 3 is 2.87 bits per heavy atom. The smallest absolute Gasteiger partial charge is 0.0724 e. The third kappa shape index (κ3) is 3.04. The second-order valence-electron chi connectivity index (χ2n) is 3.81. The van der Waals surface area contributed by atoms with Crippen molar-refractivity contribution < 1.29 is 4.74 Å². The maximum Gasteiger partial charge on any atom is 0.0724 e. The van der Waals surface area contributed by atoms with E-state index in [9.17, 15) is 0 Å². The molecule has 86 valence electrons. The van der Waals surface area contributed by atoms with Gasteiger partial charge in [0, 0.05) is 24.9 Å². The van der Waals surface area contributed by atoms with E-state index in [2.05, 4.69) is 30.5 Å². The van der Waals surface area contributed by atoms with Crippen LogP contribution < -0.4 is 5.32 Å². The van der Waals surface area contributed by atoms with E-state index in [4.69, 9.17) is 4.74 Å². The first-order chi connectivity index (χ1) is 7.22. The Bertz CT molecular complexity index is 281. The van der Waals surface area contributed by atoms with Crippen molar-refractivity contribution in [3.8, 4) is 0 Å². The molecule has 0 aliphatic carbocycles. The van der Waals surface area contributed by atoms with Gasteiger partial charge >= 0.3 is 0 Å². The largest absolute Gasteiger partial charge is 0.382 e. The van der Waals surface area contributed by atoms with Gasteiger partial charge in [-0.3, -0.25) is 4.68 Å². The number of hydrogen-bond acceptors (Lipinski definition) is 3. The zero-order chi connectivity index (χ0) is 11.3. The molecule has 1 aromatic rings. The van der Waals surface area contributed by atoms with Crippen LogP contribution in [0.2, 0.25) is 0 Å². The Kier molecular flexibility index (Phi) is 4.78. The summed E-state index contributed by atoms with van der Waals surface area (Å²) in [6.45, 7) is 4.95. The van der Waals surface area contributed by atoms with Gasteiger partial charge in [-0.15, -0.1) is 0 Å². The van der Waals surface area contributed by atoms with E-state index < -0.39 is 0 Å². The highest BCUT2D eigenvalue weighted by molar-refractivity contribution is 5.10. The van der Waals surface area contributed by atoms with Crippen LogP contribution in [0.4, 0.5) is 0 Å². The Hall–Kier alpha value is -0.870. The lowest BCUT2D eigenvalue weighted by Crippen LogP contribution is -2.15. The summed E-state index contributed by atoms with van der Waals surface area (Å²) in [4.78, 5) is 0. The summed E-state index contributed by atoms with van der Waals surface area (Å²) in [5.41, 5.74) is 1.24. The van der Waals surface area contributed by atoms with Crippen molar-refractivity contribution in [2.75, 3.05) is 20.8 Å². The fourth-order valence-electron chi connectivity index (χ4n) is 1.70. The lowest BCUT2D eigenvalue weighted by Gasteiger charge is -2.12. The van der Waals surface area contributed by atoms with Crippen molar-refractivity contribution in [1.29, 1.82) is 0 Å². The van der Waals surface area contributed by atoms with E-state index in [1.165, 1.54) is 5.56 Å². The Morgan fingerprint density at radius 2 is 2.33 bits per heavy atom. The van der Waals surface area contributed by atoms with E-state index in [1.54, 1.807) is 7.11 Å². The van der Waals surface area contributed by atoms with E-state index in [0.29, 0.717) is 12.6 Å². The van der Waals surface area contributed by atoms with Crippen LogP contribution >= 0.6 is 0 Å². The molecule has 0 spiro atoms. The molecule has 1 N–H and O–H groups in total. The minimum absolute atomic E-state index is 0.290. The molecule has 2 unspecified atom stereocenters. The van der Waals surface area contributed by atoms with Gasteiger partial charge in [0.1, 0.15) is 0 Å². The first-order valence-corrected chi connectivity index (χ1v) is 5.43. The average Bonchev–Trinajstić information content (AvgIpc) is 2.69. The molecule has 2 atom stereocenters. The second-order valence-corrected chi connectivity index (χ2v) is 3.81. The number of methoxy groups -OCH3 is 1. The molecule has 0 saturated heterocycles. The fraction of sp³-hybridized carbons (Fsp3) is 0.727. The predicted molar refractivity (Wildman–Crippen MR) is 60.9 cm³/mol. The number of ether oxygens (including phenoxy) is 1. The molecule has 0 fully saturated rings. The Balaban J connectivity index is 2.70. The number of nitrogens with one attached hydrogen (secondary N) is 1. The Labute approximate surface area is 91.6 Å². The predicted octanol–water partition coefficient (Wildman–Crippen LogP) is 1.76. The monoisotopic (exact) mass is 211 g/mol. The summed E-state index contributed by atoms with van der Waals surface area (Å²) >= 11 is 0. The van der Waals surface area contributed by atoms with Crippen molar-refractivity contribution in [3.63, 3.8) is 0 Å². The third-order valence-electron chi connectivity index (χ3n) is 2.64. The maximum absolute atomic E-state index is 5.10. The van der Waals surface area contributed by atoms with Gasteiger partial charge in [-0.1, -0.05) is 6.92 Å². The summed E-state index contributed by atoms with van der Waals surface area (Å²) in [7, 11) is 3.69. The zero-order valence-electron chi connectivity index (χ0n) is 10.0. The summed E-state index contributed by atoms with van der Waals surface area (Å²) in [6, 6.07) is 0.687. The van der Waals surface area contributed by atoms with Crippen LogP contribution in [0.5, 0.6) is 0 Å². The highest BCUT2D eigenvalue weighted by Gasteiger charge is 2.11. The zero-order valence-corrected chi connectivity index (χ0v) is 10.0. The normalized spacial score (nSPS) is 15.2. The van der Waals surface area contributed by atoms with Crippen LogP contribution in [0.1, 0.15) is 37.9 Å². The Morgan fingerprint density at radius 1 is 1.60 bits per heavy atom. The second kappa shape index (κ2) is 5.88. The number of rotatable bonds is 6. The molecule has 4 heteroatoms. The van der Waals surface area contributed by atoms with Crippen LogP contribution in [0.25, 0.3) is 0 Å². The average molecular weight is 211 g/mol. The van der Waals surface area contributed by atoms with Crippen LogP contribution in [0.3, 0.4) is 0 Å². The number of aromatic nitrogens is 2. The molecular formula is C11H21N3O. The minimum Gasteiger partial charge on any atom is -0.382 e. The standard InChI is InChI=1S/C11H21N3O/c1-5-11(12-3)10-6-13-14(7-10)9(2)8-15-4/h6-7,9,11-12H,5,8H2,1-4H3. The summed E-state index contributed by atoms with van der Waals surface area (Å²) < 4.78 is 7.06. The van der Waals surface area contributed by atoms with Crippen molar-refractivity contribution >= 4 is 0 Å². The topological polar surface area (TPSA) is 39.1 Å². The number of hydrogen-bond donors (Lipinski definition) is 1. The first-order valence-electron chi connectivity index (χ1n) is 5.43. The molecule has 0 bridgehead atoms. The van der Waals surface area contributed by atoms with Crippen LogP contribution in [0.15, 0.2) is 12.4 Å². The van der Waals surface area contributed by atoms with Crippen LogP contribution in [-0.4, -0.2) is 30.5 Å².